The van der Waals surface area contributed by atoms with Crippen molar-refractivity contribution in [2.24, 2.45) is 0 Å². The largest absolute Gasteiger partial charge is 4.00 e. The summed E-state index contributed by atoms with van der Waals surface area (Å²) in [7, 11) is 0. The Morgan fingerprint density at radius 2 is 1.31 bits per heavy atom. The quantitative estimate of drug-likeness (QED) is 0.122. The molecule has 1 heterocycles. The van der Waals surface area contributed by atoms with Gasteiger partial charge in [-0.2, -0.15) is 0 Å². The van der Waals surface area contributed by atoms with Crippen LogP contribution in [-0.4, -0.2) is 4.98 Å². The minimum Gasteiger partial charge on any atom is -0.673 e. The summed E-state index contributed by atoms with van der Waals surface area (Å²) in [4.78, 5) is 5.29. The van der Waals surface area contributed by atoms with E-state index in [9.17, 15) is 0 Å². The van der Waals surface area contributed by atoms with Gasteiger partial charge in [-0.1, -0.05) is 122 Å². The summed E-state index contributed by atoms with van der Waals surface area (Å²) >= 11 is 0. The fourth-order valence-corrected chi connectivity index (χ4v) is 5.81. The molecule has 0 saturated carbocycles. The molecule has 3 heteroatoms. The van der Waals surface area contributed by atoms with E-state index in [4.69, 9.17) is 10.3 Å². The van der Waals surface area contributed by atoms with Crippen LogP contribution < -0.4 is 0 Å². The van der Waals surface area contributed by atoms with Crippen LogP contribution in [0.25, 0.3) is 27.3 Å². The Morgan fingerprint density at radius 3 is 1.93 bits per heavy atom. The van der Waals surface area contributed by atoms with Crippen LogP contribution in [0.4, 0.5) is 5.69 Å². The van der Waals surface area contributed by atoms with E-state index >= 15 is 0 Å². The zero-order valence-electron chi connectivity index (χ0n) is 26.7. The third-order valence-electron chi connectivity index (χ3n) is 7.64. The van der Waals surface area contributed by atoms with Gasteiger partial charge in [0.2, 0.25) is 0 Å². The number of aromatic nitrogens is 1. The number of para-hydroxylation sites is 1. The van der Waals surface area contributed by atoms with Gasteiger partial charge >= 0.3 is 25.8 Å². The Morgan fingerprint density at radius 1 is 0.714 bits per heavy atom. The first kappa shape index (κ1) is 35.2. The molecule has 4 aromatic carbocycles. The molecule has 0 bridgehead atoms. The van der Waals surface area contributed by atoms with Gasteiger partial charge in [-0.3, -0.25) is 0 Å². The molecule has 1 aromatic heterocycles. The number of hydrogen-bond acceptors (Lipinski definition) is 1. The number of benzene rings is 4. The average Bonchev–Trinajstić information content (AvgIpc) is 2.91. The van der Waals surface area contributed by atoms with Gasteiger partial charge in [0.15, 0.2) is 0 Å². The maximum absolute atomic E-state index is 5.62. The van der Waals surface area contributed by atoms with Gasteiger partial charge in [0, 0.05) is 5.69 Å². The van der Waals surface area contributed by atoms with E-state index in [1.165, 1.54) is 38.8 Å². The van der Waals surface area contributed by atoms with Crippen molar-refractivity contribution in [3.63, 3.8) is 0 Å². The van der Waals surface area contributed by atoms with Crippen LogP contribution in [0.15, 0.2) is 84.9 Å². The Labute approximate surface area is 273 Å². The van der Waals surface area contributed by atoms with Gasteiger partial charge in [0.05, 0.1) is 0 Å². The number of aryl methyl sites for hydroxylation is 3. The van der Waals surface area contributed by atoms with Crippen molar-refractivity contribution in [3.05, 3.63) is 150 Å². The molecule has 1 atom stereocenters. The molecule has 5 aromatic rings. The normalized spacial score (nSPS) is 11.5. The number of fused-ring (bicyclic) bond motifs is 1. The van der Waals surface area contributed by atoms with E-state index in [-0.39, 0.29) is 46.7 Å². The molecular formula is C39H44HfN2. The molecule has 214 valence electrons. The maximum Gasteiger partial charge on any atom is 4.00 e. The van der Waals surface area contributed by atoms with Crippen LogP contribution in [0.1, 0.15) is 84.6 Å². The van der Waals surface area contributed by atoms with Crippen molar-refractivity contribution in [2.45, 2.75) is 66.3 Å². The van der Waals surface area contributed by atoms with Crippen LogP contribution >= 0.6 is 0 Å². The fraction of sp³-hybridized carbons (Fsp3) is 0.256. The summed E-state index contributed by atoms with van der Waals surface area (Å²) in [5.74, 6) is 0.737. The van der Waals surface area contributed by atoms with Crippen LogP contribution in [0.3, 0.4) is 0 Å². The molecule has 0 saturated heterocycles. The minimum atomic E-state index is -0.224. The molecular weight excluding hydrogens is 675 g/mol. The Bertz CT molecular complexity index is 1580. The maximum atomic E-state index is 5.62. The first-order valence-electron chi connectivity index (χ1n) is 14.0. The van der Waals surface area contributed by atoms with Crippen LogP contribution in [0.5, 0.6) is 0 Å². The predicted molar refractivity (Wildman–Crippen MR) is 179 cm³/mol. The fourth-order valence-electron chi connectivity index (χ4n) is 5.81. The SMILES string of the molecule is Cc1cc(C)c(C([N-]c2c(C(C)C)cccc2C(C)C)c2cccc(-c3[c-]ccc4ccccc34)n2)c(C)c1.[CH3-].[CH3-].[Hf+4]. The van der Waals surface area contributed by atoms with Crippen molar-refractivity contribution >= 4 is 16.5 Å². The van der Waals surface area contributed by atoms with E-state index in [2.05, 4.69) is 133 Å². The zero-order chi connectivity index (χ0) is 27.7. The second kappa shape index (κ2) is 14.9. The first-order chi connectivity index (χ1) is 18.7. The second-order valence-corrected chi connectivity index (χ2v) is 11.3. The van der Waals surface area contributed by atoms with E-state index in [1.807, 2.05) is 6.07 Å². The Balaban J connectivity index is 0.00000205. The van der Waals surface area contributed by atoms with Crippen LogP contribution in [0, 0.1) is 41.7 Å². The number of hydrogen-bond donors (Lipinski definition) is 0. The van der Waals surface area contributed by atoms with Crippen molar-refractivity contribution in [2.75, 3.05) is 0 Å². The average molecular weight is 719 g/mol. The molecule has 0 radical (unpaired) electrons. The summed E-state index contributed by atoms with van der Waals surface area (Å²) < 4.78 is 0. The summed E-state index contributed by atoms with van der Waals surface area (Å²) in [5.41, 5.74) is 11.6. The molecule has 1 unspecified atom stereocenters. The Kier molecular flexibility index (Phi) is 12.5. The number of nitrogens with zero attached hydrogens (tertiary/aromatic N) is 2. The molecule has 0 fully saturated rings. The first-order valence-corrected chi connectivity index (χ1v) is 14.0. The summed E-state index contributed by atoms with van der Waals surface area (Å²) in [6, 6.07) is 33.3. The molecule has 5 rings (SSSR count). The van der Waals surface area contributed by atoms with Gasteiger partial charge in [-0.25, -0.2) is 0 Å². The monoisotopic (exact) mass is 720 g/mol. The summed E-state index contributed by atoms with van der Waals surface area (Å²) in [6.07, 6.45) is 0. The molecule has 0 aliphatic heterocycles. The van der Waals surface area contributed by atoms with Gasteiger partial charge < -0.3 is 25.2 Å². The molecule has 2 nitrogen and oxygen atoms in total. The minimum absolute atomic E-state index is 0. The third kappa shape index (κ3) is 7.11. The number of pyridine rings is 1. The van der Waals surface area contributed by atoms with Gasteiger partial charge in [-0.15, -0.1) is 34.8 Å². The molecule has 42 heavy (non-hydrogen) atoms. The Hall–Kier alpha value is -3.04. The smallest absolute Gasteiger partial charge is 0.673 e. The van der Waals surface area contributed by atoms with Crippen molar-refractivity contribution in [3.8, 4) is 11.3 Å². The van der Waals surface area contributed by atoms with E-state index < -0.39 is 0 Å². The van der Waals surface area contributed by atoms with Gasteiger partial charge in [-0.05, 0) is 61.5 Å². The van der Waals surface area contributed by atoms with Gasteiger partial charge in [0.1, 0.15) is 0 Å². The van der Waals surface area contributed by atoms with Crippen LogP contribution in [0.2, 0.25) is 0 Å². The zero-order valence-corrected chi connectivity index (χ0v) is 30.3. The number of rotatable bonds is 7. The molecule has 0 aliphatic carbocycles. The van der Waals surface area contributed by atoms with E-state index in [0.717, 1.165) is 28.0 Å². The van der Waals surface area contributed by atoms with Crippen molar-refractivity contribution < 1.29 is 25.8 Å². The van der Waals surface area contributed by atoms with Crippen LogP contribution in [-0.2, 0) is 25.8 Å². The molecule has 0 N–H and O–H groups in total. The molecule has 0 aliphatic rings. The molecule has 0 amide bonds. The topological polar surface area (TPSA) is 27.0 Å². The molecule has 0 spiro atoms. The van der Waals surface area contributed by atoms with E-state index in [0.29, 0.717) is 11.8 Å². The van der Waals surface area contributed by atoms with Gasteiger partial charge in [0.25, 0.3) is 0 Å². The van der Waals surface area contributed by atoms with Crippen molar-refractivity contribution in [1.29, 1.82) is 0 Å². The summed E-state index contributed by atoms with van der Waals surface area (Å²) in [5, 5.41) is 7.97. The van der Waals surface area contributed by atoms with E-state index in [1.54, 1.807) is 0 Å². The van der Waals surface area contributed by atoms with Crippen molar-refractivity contribution in [1.82, 2.24) is 4.98 Å². The predicted octanol–water partition coefficient (Wildman–Crippen LogP) is 11.6. The standard InChI is InChI=1S/C37H38N2.2CH3.Hf/c1-23(2)29-16-11-17-30(24(3)4)36(29)39-37(35-26(6)21-25(5)22-27(35)7)34-20-12-19-33(38-34)32-18-10-14-28-13-8-9-15-31(28)32;;;/h8-17,19-24,37H,1-7H3;2*1H3;/q-2;2*-1;+4. The third-order valence-corrected chi connectivity index (χ3v) is 7.64. The second-order valence-electron chi connectivity index (χ2n) is 11.3. The summed E-state index contributed by atoms with van der Waals surface area (Å²) in [6.45, 7) is 15.6.